The zero-order valence-electron chi connectivity index (χ0n) is 21.1. The van der Waals surface area contributed by atoms with E-state index in [-0.39, 0.29) is 40.9 Å². The van der Waals surface area contributed by atoms with Crippen molar-refractivity contribution in [2.45, 2.75) is 104 Å². The fourth-order valence-corrected chi connectivity index (χ4v) is 9.11. The summed E-state index contributed by atoms with van der Waals surface area (Å²) in [7, 11) is 1.43. The summed E-state index contributed by atoms with van der Waals surface area (Å²) >= 11 is 0. The third kappa shape index (κ3) is 4.13. The van der Waals surface area contributed by atoms with Crippen LogP contribution in [0.15, 0.2) is 0 Å². The lowest BCUT2D eigenvalue weighted by atomic mass is 9.43. The average Bonchev–Trinajstić information content (AvgIpc) is 3.11. The maximum absolute atomic E-state index is 11.7. The number of carbonyl (C=O) groups is 2. The number of esters is 2. The van der Waals surface area contributed by atoms with E-state index in [1.165, 1.54) is 14.0 Å². The van der Waals surface area contributed by atoms with E-state index < -0.39 is 6.10 Å². The van der Waals surface area contributed by atoms with Crippen LogP contribution in [0.25, 0.3) is 0 Å². The lowest BCUT2D eigenvalue weighted by Gasteiger charge is -2.63. The second-order valence-corrected chi connectivity index (χ2v) is 12.2. The van der Waals surface area contributed by atoms with Gasteiger partial charge >= 0.3 is 11.9 Å². The highest BCUT2D eigenvalue weighted by atomic mass is 16.5. The molecule has 0 amide bonds. The minimum Gasteiger partial charge on any atom is -0.469 e. The Morgan fingerprint density at radius 2 is 1.79 bits per heavy atom. The first-order valence-corrected chi connectivity index (χ1v) is 13.1. The van der Waals surface area contributed by atoms with E-state index in [9.17, 15) is 19.8 Å². The Hall–Kier alpha value is -1.14. The zero-order valence-corrected chi connectivity index (χ0v) is 21.1. The molecule has 0 radical (unpaired) electrons. The standard InChI is InChI=1S/C27H44O6/c1-15(6-9-24(31)32-5)19-7-8-20-25-21(14-23(30)27(19,20)4)26(3)11-10-18(33-16(2)28)12-17(26)13-22(25)29/h15,17-23,25,29-30H,6-14H2,1-5H3/t15-,17+,18-,19-,20+,21+,22-,23+,25+,26+,27-/m1/s1. The number of fused-ring (bicyclic) bond motifs is 5. The predicted molar refractivity (Wildman–Crippen MR) is 124 cm³/mol. The average molecular weight is 465 g/mol. The molecule has 4 fully saturated rings. The Kier molecular flexibility index (Phi) is 6.92. The molecule has 11 atom stereocenters. The van der Waals surface area contributed by atoms with Gasteiger partial charge in [0.1, 0.15) is 6.10 Å². The van der Waals surface area contributed by atoms with Gasteiger partial charge in [-0.3, -0.25) is 9.59 Å². The molecule has 0 aliphatic heterocycles. The molecular weight excluding hydrogens is 420 g/mol. The number of hydrogen-bond acceptors (Lipinski definition) is 6. The van der Waals surface area contributed by atoms with Crippen molar-refractivity contribution in [3.63, 3.8) is 0 Å². The van der Waals surface area contributed by atoms with Crippen LogP contribution in [0.2, 0.25) is 0 Å². The molecule has 0 unspecified atom stereocenters. The van der Waals surface area contributed by atoms with Crippen LogP contribution in [0, 0.1) is 46.3 Å². The summed E-state index contributed by atoms with van der Waals surface area (Å²) in [5, 5.41) is 23.1. The Morgan fingerprint density at radius 3 is 2.45 bits per heavy atom. The second-order valence-electron chi connectivity index (χ2n) is 12.2. The monoisotopic (exact) mass is 464 g/mol. The first-order valence-electron chi connectivity index (χ1n) is 13.1. The molecule has 0 spiro atoms. The van der Waals surface area contributed by atoms with Gasteiger partial charge in [0.15, 0.2) is 0 Å². The summed E-state index contributed by atoms with van der Waals surface area (Å²) in [6.07, 6.45) is 6.65. The van der Waals surface area contributed by atoms with Gasteiger partial charge in [0.05, 0.1) is 19.3 Å². The van der Waals surface area contributed by atoms with Crippen molar-refractivity contribution in [1.82, 2.24) is 0 Å². The third-order valence-electron chi connectivity index (χ3n) is 10.9. The lowest BCUT2D eigenvalue weighted by Crippen LogP contribution is -2.62. The number of carbonyl (C=O) groups excluding carboxylic acids is 2. The van der Waals surface area contributed by atoms with Crippen LogP contribution in [0.5, 0.6) is 0 Å². The van der Waals surface area contributed by atoms with Crippen molar-refractivity contribution in [1.29, 1.82) is 0 Å². The number of rotatable bonds is 5. The van der Waals surface area contributed by atoms with Crippen molar-refractivity contribution in [2.24, 2.45) is 46.3 Å². The van der Waals surface area contributed by atoms with E-state index in [1.54, 1.807) is 0 Å². The minimum atomic E-state index is -0.397. The SMILES string of the molecule is COC(=O)CC[C@@H](C)[C@H]1CC[C@H]2[C@@H]3[C@H](O)C[C@@H]4C[C@H](OC(C)=O)CC[C@]4(C)[C@H]3C[C@H](O)[C@]12C. The molecule has 0 bridgehead atoms. The molecule has 6 nitrogen and oxygen atoms in total. The van der Waals surface area contributed by atoms with Crippen LogP contribution in [0.1, 0.15) is 85.5 Å². The number of hydrogen-bond donors (Lipinski definition) is 2. The van der Waals surface area contributed by atoms with Crippen LogP contribution in [0.4, 0.5) is 0 Å². The number of aliphatic hydroxyl groups excluding tert-OH is 2. The Balaban J connectivity index is 1.54. The number of ether oxygens (including phenoxy) is 2. The molecule has 188 valence electrons. The van der Waals surface area contributed by atoms with Gasteiger partial charge in [-0.2, -0.15) is 0 Å². The minimum absolute atomic E-state index is 0.0466. The van der Waals surface area contributed by atoms with Crippen LogP contribution < -0.4 is 0 Å². The van der Waals surface area contributed by atoms with Crippen molar-refractivity contribution in [3.05, 3.63) is 0 Å². The van der Waals surface area contributed by atoms with Crippen LogP contribution in [-0.4, -0.2) is 47.6 Å². The molecule has 33 heavy (non-hydrogen) atoms. The van der Waals surface area contributed by atoms with Crippen LogP contribution >= 0.6 is 0 Å². The summed E-state index contributed by atoms with van der Waals surface area (Å²) in [5.74, 6) is 1.41. The fraction of sp³-hybridized carbons (Fsp3) is 0.926. The molecule has 2 N–H and O–H groups in total. The van der Waals surface area contributed by atoms with Gasteiger partial charge in [-0.05, 0) is 97.7 Å². The van der Waals surface area contributed by atoms with E-state index >= 15 is 0 Å². The van der Waals surface area contributed by atoms with E-state index in [0.29, 0.717) is 36.0 Å². The van der Waals surface area contributed by atoms with Gasteiger partial charge < -0.3 is 19.7 Å². The normalized spacial score (nSPS) is 47.6. The van der Waals surface area contributed by atoms with E-state index in [4.69, 9.17) is 9.47 Å². The van der Waals surface area contributed by atoms with Gasteiger partial charge in [0.2, 0.25) is 0 Å². The molecule has 6 heteroatoms. The third-order valence-corrected chi connectivity index (χ3v) is 10.9. The molecule has 0 heterocycles. The molecule has 0 aromatic carbocycles. The highest BCUT2D eigenvalue weighted by Gasteiger charge is 2.65. The first-order chi connectivity index (χ1) is 15.5. The predicted octanol–water partition coefficient (Wildman–Crippen LogP) is 4.11. The van der Waals surface area contributed by atoms with E-state index in [0.717, 1.165) is 51.4 Å². The highest BCUT2D eigenvalue weighted by Crippen LogP contribution is 2.68. The number of methoxy groups -OCH3 is 1. The first kappa shape index (κ1) is 25.0. The molecule has 4 aliphatic carbocycles. The smallest absolute Gasteiger partial charge is 0.305 e. The van der Waals surface area contributed by atoms with Crippen LogP contribution in [0.3, 0.4) is 0 Å². The number of aliphatic hydroxyl groups is 2. The van der Waals surface area contributed by atoms with Gasteiger partial charge in [0, 0.05) is 13.3 Å². The maximum atomic E-state index is 11.7. The van der Waals surface area contributed by atoms with Gasteiger partial charge in [-0.25, -0.2) is 0 Å². The Labute approximate surface area is 198 Å². The van der Waals surface area contributed by atoms with Crippen molar-refractivity contribution < 1.29 is 29.3 Å². The summed E-state index contributed by atoms with van der Waals surface area (Å²) in [6.45, 7) is 8.31. The topological polar surface area (TPSA) is 93.1 Å². The second kappa shape index (κ2) is 9.14. The summed E-state index contributed by atoms with van der Waals surface area (Å²) in [6, 6.07) is 0. The molecule has 0 aromatic rings. The van der Waals surface area contributed by atoms with Crippen molar-refractivity contribution in [3.8, 4) is 0 Å². The van der Waals surface area contributed by atoms with Gasteiger partial charge in [0.25, 0.3) is 0 Å². The molecule has 4 saturated carbocycles. The lowest BCUT2D eigenvalue weighted by molar-refractivity contribution is -0.209. The summed E-state index contributed by atoms with van der Waals surface area (Å²) in [5.41, 5.74) is -0.159. The Bertz CT molecular complexity index is 753. The van der Waals surface area contributed by atoms with Gasteiger partial charge in [-0.1, -0.05) is 20.8 Å². The summed E-state index contributed by atoms with van der Waals surface area (Å²) in [4.78, 5) is 23.2. The van der Waals surface area contributed by atoms with Crippen molar-refractivity contribution >= 4 is 11.9 Å². The molecule has 0 aromatic heterocycles. The Morgan fingerprint density at radius 1 is 1.06 bits per heavy atom. The van der Waals surface area contributed by atoms with Crippen LogP contribution in [-0.2, 0) is 19.1 Å². The molecule has 4 aliphatic rings. The zero-order chi connectivity index (χ0) is 24.1. The summed E-state index contributed by atoms with van der Waals surface area (Å²) < 4.78 is 10.4. The van der Waals surface area contributed by atoms with E-state index in [2.05, 4.69) is 20.8 Å². The molecule has 0 saturated heterocycles. The highest BCUT2D eigenvalue weighted by molar-refractivity contribution is 5.69. The molecular formula is C27H44O6. The quantitative estimate of drug-likeness (QED) is 0.595. The maximum Gasteiger partial charge on any atom is 0.305 e. The largest absolute Gasteiger partial charge is 0.469 e. The van der Waals surface area contributed by atoms with Crippen molar-refractivity contribution in [2.75, 3.05) is 7.11 Å². The fourth-order valence-electron chi connectivity index (χ4n) is 9.11. The molecule has 4 rings (SSSR count). The van der Waals surface area contributed by atoms with Gasteiger partial charge in [-0.15, -0.1) is 0 Å². The van der Waals surface area contributed by atoms with E-state index in [1.807, 2.05) is 0 Å².